The zero-order valence-electron chi connectivity index (χ0n) is 10.9. The van der Waals surface area contributed by atoms with E-state index >= 15 is 0 Å². The van der Waals surface area contributed by atoms with Crippen molar-refractivity contribution in [3.63, 3.8) is 0 Å². The fraction of sp³-hybridized carbons (Fsp3) is 0.429. The second kappa shape index (κ2) is 5.78. The van der Waals surface area contributed by atoms with Gasteiger partial charge in [0.25, 0.3) is 0 Å². The van der Waals surface area contributed by atoms with Crippen molar-refractivity contribution in [2.45, 2.75) is 32.3 Å². The summed E-state index contributed by atoms with van der Waals surface area (Å²) in [5, 5.41) is 14.5. The van der Waals surface area contributed by atoms with Gasteiger partial charge in [0.05, 0.1) is 11.8 Å². The zero-order chi connectivity index (χ0) is 13.0. The van der Waals surface area contributed by atoms with Crippen molar-refractivity contribution < 1.29 is 5.11 Å². The van der Waals surface area contributed by atoms with E-state index in [1.54, 1.807) is 12.4 Å². The van der Waals surface area contributed by atoms with Gasteiger partial charge in [-0.25, -0.2) is 0 Å². The zero-order valence-corrected chi connectivity index (χ0v) is 10.9. The summed E-state index contributed by atoms with van der Waals surface area (Å²) in [4.78, 5) is 4.05. The molecule has 2 heterocycles. The Morgan fingerprint density at radius 3 is 2.83 bits per heavy atom. The van der Waals surface area contributed by atoms with Gasteiger partial charge in [-0.15, -0.1) is 0 Å². The topological polar surface area (TPSA) is 50.9 Å². The third kappa shape index (κ3) is 3.17. The van der Waals surface area contributed by atoms with Gasteiger partial charge >= 0.3 is 0 Å². The van der Waals surface area contributed by atoms with Crippen LogP contribution in [0.5, 0.6) is 0 Å². The number of aliphatic hydroxyl groups excluding tert-OH is 1. The molecule has 0 fully saturated rings. The van der Waals surface area contributed by atoms with Crippen LogP contribution in [0.1, 0.15) is 23.9 Å². The summed E-state index contributed by atoms with van der Waals surface area (Å²) < 4.78 is 1.85. The molecule has 2 aromatic heterocycles. The first-order valence-corrected chi connectivity index (χ1v) is 6.27. The maximum Gasteiger partial charge on any atom is 0.0636 e. The van der Waals surface area contributed by atoms with Crippen molar-refractivity contribution in [1.29, 1.82) is 0 Å². The molecule has 0 aromatic carbocycles. The van der Waals surface area contributed by atoms with E-state index in [9.17, 15) is 5.11 Å². The highest BCUT2D eigenvalue weighted by Crippen LogP contribution is 2.10. The molecule has 0 aliphatic rings. The van der Waals surface area contributed by atoms with Gasteiger partial charge in [0.2, 0.25) is 0 Å². The van der Waals surface area contributed by atoms with E-state index < -0.39 is 6.10 Å². The number of aliphatic hydroxyl groups is 1. The average Bonchev–Trinajstić information content (AvgIpc) is 2.71. The first kappa shape index (κ1) is 12.8. The highest BCUT2D eigenvalue weighted by molar-refractivity contribution is 5.14. The molecular formula is C14H19N3O. The van der Waals surface area contributed by atoms with Crippen LogP contribution >= 0.6 is 0 Å². The van der Waals surface area contributed by atoms with Gasteiger partial charge in [-0.3, -0.25) is 9.67 Å². The van der Waals surface area contributed by atoms with Crippen LogP contribution in [0, 0.1) is 0 Å². The maximum absolute atomic E-state index is 10.1. The lowest BCUT2D eigenvalue weighted by molar-refractivity contribution is 0.173. The van der Waals surface area contributed by atoms with Crippen LogP contribution < -0.4 is 0 Å². The Balaban J connectivity index is 1.98. The van der Waals surface area contributed by atoms with E-state index in [1.807, 2.05) is 23.9 Å². The first-order valence-electron chi connectivity index (χ1n) is 6.27. The maximum atomic E-state index is 10.1. The number of rotatable bonds is 5. The lowest BCUT2D eigenvalue weighted by Gasteiger charge is -2.10. The van der Waals surface area contributed by atoms with Gasteiger partial charge in [0.1, 0.15) is 0 Å². The Kier molecular flexibility index (Phi) is 4.10. The van der Waals surface area contributed by atoms with Gasteiger partial charge in [0.15, 0.2) is 0 Å². The Bertz CT molecular complexity index is 493. The molecule has 18 heavy (non-hydrogen) atoms. The molecule has 0 aliphatic carbocycles. The van der Waals surface area contributed by atoms with E-state index in [4.69, 9.17) is 0 Å². The minimum absolute atomic E-state index is 0.394. The lowest BCUT2D eigenvalue weighted by atomic mass is 10.1. The molecule has 2 rings (SSSR count). The fourth-order valence-electron chi connectivity index (χ4n) is 2.04. The SMILES string of the molecule is CCc1cc(CC(O)Cc2cccnc2)n(C)n1. The van der Waals surface area contributed by atoms with Crippen LogP contribution in [0.25, 0.3) is 0 Å². The molecule has 4 heteroatoms. The molecule has 0 spiro atoms. The number of hydrogen-bond acceptors (Lipinski definition) is 3. The smallest absolute Gasteiger partial charge is 0.0636 e. The number of nitrogens with zero attached hydrogens (tertiary/aromatic N) is 3. The lowest BCUT2D eigenvalue weighted by Crippen LogP contribution is -2.16. The van der Waals surface area contributed by atoms with Gasteiger partial charge in [0, 0.05) is 38.0 Å². The van der Waals surface area contributed by atoms with Crippen LogP contribution in [-0.4, -0.2) is 26.0 Å². The van der Waals surface area contributed by atoms with E-state index in [0.717, 1.165) is 23.4 Å². The van der Waals surface area contributed by atoms with Crippen molar-refractivity contribution in [3.05, 3.63) is 47.5 Å². The molecule has 0 bridgehead atoms. The number of aryl methyl sites for hydroxylation is 2. The van der Waals surface area contributed by atoms with Crippen molar-refractivity contribution in [3.8, 4) is 0 Å². The average molecular weight is 245 g/mol. The summed E-state index contributed by atoms with van der Waals surface area (Å²) in [6.07, 6.45) is 5.31. The number of hydrogen-bond donors (Lipinski definition) is 1. The molecule has 1 atom stereocenters. The van der Waals surface area contributed by atoms with E-state index in [2.05, 4.69) is 23.1 Å². The molecule has 1 unspecified atom stereocenters. The third-order valence-corrected chi connectivity index (χ3v) is 3.03. The van der Waals surface area contributed by atoms with Crippen molar-refractivity contribution in [2.24, 2.45) is 7.05 Å². The van der Waals surface area contributed by atoms with Crippen molar-refractivity contribution >= 4 is 0 Å². The molecule has 0 radical (unpaired) electrons. The molecule has 0 aliphatic heterocycles. The second-order valence-electron chi connectivity index (χ2n) is 4.53. The van der Waals surface area contributed by atoms with Gasteiger partial charge in [-0.2, -0.15) is 5.10 Å². The third-order valence-electron chi connectivity index (χ3n) is 3.03. The molecule has 96 valence electrons. The largest absolute Gasteiger partial charge is 0.392 e. The van der Waals surface area contributed by atoms with Crippen molar-refractivity contribution in [2.75, 3.05) is 0 Å². The van der Waals surface area contributed by atoms with E-state index in [1.165, 1.54) is 0 Å². The summed E-state index contributed by atoms with van der Waals surface area (Å²) in [7, 11) is 1.92. The van der Waals surface area contributed by atoms with E-state index in [0.29, 0.717) is 12.8 Å². The van der Waals surface area contributed by atoms with Crippen LogP contribution in [0.15, 0.2) is 30.6 Å². The summed E-state index contributed by atoms with van der Waals surface area (Å²) in [6, 6.07) is 5.94. The highest BCUT2D eigenvalue weighted by atomic mass is 16.3. The van der Waals surface area contributed by atoms with Crippen molar-refractivity contribution in [1.82, 2.24) is 14.8 Å². The standard InChI is InChI=1S/C14H19N3O/c1-3-12-8-13(17(2)16-12)9-14(18)7-11-5-4-6-15-10-11/h4-6,8,10,14,18H,3,7,9H2,1-2H3. The van der Waals surface area contributed by atoms with Gasteiger partial charge < -0.3 is 5.11 Å². The highest BCUT2D eigenvalue weighted by Gasteiger charge is 2.11. The minimum Gasteiger partial charge on any atom is -0.392 e. The number of aromatic nitrogens is 3. The first-order chi connectivity index (χ1) is 8.69. The van der Waals surface area contributed by atoms with Gasteiger partial charge in [-0.1, -0.05) is 13.0 Å². The summed E-state index contributed by atoms with van der Waals surface area (Å²) in [5.41, 5.74) is 3.20. The molecule has 4 nitrogen and oxygen atoms in total. The van der Waals surface area contributed by atoms with Crippen LogP contribution in [0.3, 0.4) is 0 Å². The summed E-state index contributed by atoms with van der Waals surface area (Å²) in [6.45, 7) is 2.08. The Labute approximate surface area is 107 Å². The molecule has 1 N–H and O–H groups in total. The second-order valence-corrected chi connectivity index (χ2v) is 4.53. The molecule has 2 aromatic rings. The normalized spacial score (nSPS) is 12.6. The number of pyridine rings is 1. The Morgan fingerprint density at radius 2 is 2.22 bits per heavy atom. The van der Waals surface area contributed by atoms with Crippen LogP contribution in [0.2, 0.25) is 0 Å². The van der Waals surface area contributed by atoms with Crippen LogP contribution in [-0.2, 0) is 26.3 Å². The monoisotopic (exact) mass is 245 g/mol. The summed E-state index contributed by atoms with van der Waals surface area (Å²) >= 11 is 0. The van der Waals surface area contributed by atoms with Gasteiger partial charge in [-0.05, 0) is 24.1 Å². The quantitative estimate of drug-likeness (QED) is 0.869. The summed E-state index contributed by atoms with van der Waals surface area (Å²) in [5.74, 6) is 0. The predicted molar refractivity (Wildman–Crippen MR) is 70.2 cm³/mol. The Hall–Kier alpha value is -1.68. The Morgan fingerprint density at radius 1 is 1.39 bits per heavy atom. The predicted octanol–water partition coefficient (Wildman–Crippen LogP) is 1.52. The fourth-order valence-corrected chi connectivity index (χ4v) is 2.04. The molecule has 0 amide bonds. The molecule has 0 saturated heterocycles. The molecular weight excluding hydrogens is 226 g/mol. The van der Waals surface area contributed by atoms with Crippen LogP contribution in [0.4, 0.5) is 0 Å². The molecule has 0 saturated carbocycles. The van der Waals surface area contributed by atoms with E-state index in [-0.39, 0.29) is 0 Å². The minimum atomic E-state index is -0.394.